The Morgan fingerprint density at radius 3 is 2.43 bits per heavy atom. The van der Waals surface area contributed by atoms with Crippen LogP contribution in [0.2, 0.25) is 0 Å². The summed E-state index contributed by atoms with van der Waals surface area (Å²) in [5, 5.41) is 3.30. The molecule has 5 heteroatoms. The fraction of sp³-hybridized carbons (Fsp3) is 0.889. The maximum atomic E-state index is 11.2. The Bertz CT molecular complexity index is 175. The largest absolute Gasteiger partial charge is 0.444 e. The molecule has 84 valence electrons. The van der Waals surface area contributed by atoms with Crippen LogP contribution in [0.3, 0.4) is 0 Å². The van der Waals surface area contributed by atoms with E-state index in [1.54, 1.807) is 7.11 Å². The molecule has 0 aliphatic rings. The van der Waals surface area contributed by atoms with Gasteiger partial charge in [0.15, 0.2) is 0 Å². The van der Waals surface area contributed by atoms with Gasteiger partial charge >= 0.3 is 6.09 Å². The molecule has 1 amide bonds. The number of carbonyl (C=O) groups excluding carboxylic acids is 1. The van der Waals surface area contributed by atoms with E-state index in [1.165, 1.54) is 0 Å². The molecule has 0 radical (unpaired) electrons. The average molecular weight is 268 g/mol. The van der Waals surface area contributed by atoms with Crippen LogP contribution in [0, 0.1) is 0 Å². The lowest BCUT2D eigenvalue weighted by Crippen LogP contribution is -2.38. The number of nitrogens with one attached hydrogen (secondary N) is 1. The third-order valence-corrected chi connectivity index (χ3v) is 2.10. The van der Waals surface area contributed by atoms with E-state index in [2.05, 4.69) is 21.2 Å². The van der Waals surface area contributed by atoms with E-state index >= 15 is 0 Å². The number of alkyl halides is 1. The van der Waals surface area contributed by atoms with Gasteiger partial charge in [0.25, 0.3) is 0 Å². The van der Waals surface area contributed by atoms with Crippen LogP contribution in [-0.2, 0) is 9.47 Å². The normalized spacial score (nSPS) is 13.5. The fourth-order valence-electron chi connectivity index (χ4n) is 0.712. The number of rotatable bonds is 4. The highest BCUT2D eigenvalue weighted by Gasteiger charge is 2.16. The molecular weight excluding hydrogens is 250 g/mol. The van der Waals surface area contributed by atoms with Crippen molar-refractivity contribution in [2.45, 2.75) is 32.5 Å². The van der Waals surface area contributed by atoms with Crippen LogP contribution >= 0.6 is 15.9 Å². The molecule has 0 rings (SSSR count). The van der Waals surface area contributed by atoms with Gasteiger partial charge in [-0.1, -0.05) is 15.9 Å². The SMILES string of the molecule is CO[C@@H](CBr)CNC(=O)OC(C)(C)C. The first-order valence-corrected chi connectivity index (χ1v) is 5.57. The first-order chi connectivity index (χ1) is 6.39. The number of hydrogen-bond acceptors (Lipinski definition) is 3. The molecule has 14 heavy (non-hydrogen) atoms. The van der Waals surface area contributed by atoms with Crippen molar-refractivity contribution < 1.29 is 14.3 Å². The molecule has 1 atom stereocenters. The molecule has 0 unspecified atom stereocenters. The minimum absolute atomic E-state index is 0.0254. The van der Waals surface area contributed by atoms with Gasteiger partial charge in [0.05, 0.1) is 6.10 Å². The number of methoxy groups -OCH3 is 1. The molecule has 0 saturated carbocycles. The van der Waals surface area contributed by atoms with Crippen molar-refractivity contribution in [2.75, 3.05) is 19.0 Å². The van der Waals surface area contributed by atoms with Gasteiger partial charge in [-0.3, -0.25) is 0 Å². The maximum Gasteiger partial charge on any atom is 0.407 e. The summed E-state index contributed by atoms with van der Waals surface area (Å²) >= 11 is 3.27. The molecule has 0 bridgehead atoms. The summed E-state index contributed by atoms with van der Waals surface area (Å²) in [5.74, 6) is 0. The number of amides is 1. The fourth-order valence-corrected chi connectivity index (χ4v) is 1.21. The number of carbonyl (C=O) groups is 1. The summed E-state index contributed by atoms with van der Waals surface area (Å²) in [6, 6.07) is 0. The van der Waals surface area contributed by atoms with Gasteiger partial charge in [0.2, 0.25) is 0 Å². The van der Waals surface area contributed by atoms with E-state index in [-0.39, 0.29) is 6.10 Å². The van der Waals surface area contributed by atoms with Crippen molar-refractivity contribution in [1.29, 1.82) is 0 Å². The zero-order chi connectivity index (χ0) is 11.2. The third kappa shape index (κ3) is 7.15. The molecule has 0 aliphatic heterocycles. The van der Waals surface area contributed by atoms with Crippen LogP contribution in [0.5, 0.6) is 0 Å². The summed E-state index contributed by atoms with van der Waals surface area (Å²) in [4.78, 5) is 11.2. The van der Waals surface area contributed by atoms with Gasteiger partial charge in [0, 0.05) is 19.0 Å². The Labute approximate surface area is 93.5 Å². The highest BCUT2D eigenvalue weighted by molar-refractivity contribution is 9.09. The lowest BCUT2D eigenvalue weighted by molar-refractivity contribution is 0.0476. The molecule has 0 spiro atoms. The van der Waals surface area contributed by atoms with Gasteiger partial charge in [-0.2, -0.15) is 0 Å². The van der Waals surface area contributed by atoms with Crippen LogP contribution in [0.15, 0.2) is 0 Å². The first kappa shape index (κ1) is 13.7. The monoisotopic (exact) mass is 267 g/mol. The highest BCUT2D eigenvalue weighted by Crippen LogP contribution is 2.06. The average Bonchev–Trinajstić information content (AvgIpc) is 2.03. The second kappa shape index (κ2) is 6.24. The minimum Gasteiger partial charge on any atom is -0.444 e. The Hall–Kier alpha value is -0.290. The zero-order valence-electron chi connectivity index (χ0n) is 9.09. The Morgan fingerprint density at radius 1 is 1.50 bits per heavy atom. The van der Waals surface area contributed by atoms with E-state index < -0.39 is 11.7 Å². The van der Waals surface area contributed by atoms with Crippen LogP contribution in [0.1, 0.15) is 20.8 Å². The van der Waals surface area contributed by atoms with Gasteiger partial charge in [0.1, 0.15) is 5.60 Å². The minimum atomic E-state index is -0.457. The van der Waals surface area contributed by atoms with E-state index in [4.69, 9.17) is 9.47 Å². The maximum absolute atomic E-state index is 11.2. The quantitative estimate of drug-likeness (QED) is 0.792. The molecule has 0 fully saturated rings. The topological polar surface area (TPSA) is 47.6 Å². The van der Waals surface area contributed by atoms with Crippen molar-refractivity contribution in [3.8, 4) is 0 Å². The summed E-state index contributed by atoms with van der Waals surface area (Å²) in [7, 11) is 1.60. The number of ether oxygens (including phenoxy) is 2. The highest BCUT2D eigenvalue weighted by atomic mass is 79.9. The second-order valence-corrected chi connectivity index (χ2v) is 4.54. The van der Waals surface area contributed by atoms with Crippen molar-refractivity contribution in [3.05, 3.63) is 0 Å². The van der Waals surface area contributed by atoms with E-state index in [0.29, 0.717) is 11.9 Å². The molecule has 0 saturated heterocycles. The summed E-state index contributed by atoms with van der Waals surface area (Å²) < 4.78 is 10.1. The molecular formula is C9H18BrNO3. The molecule has 0 heterocycles. The molecule has 0 aromatic carbocycles. The van der Waals surface area contributed by atoms with E-state index in [0.717, 1.165) is 0 Å². The Kier molecular flexibility index (Phi) is 6.11. The van der Waals surface area contributed by atoms with E-state index in [1.807, 2.05) is 20.8 Å². The number of hydrogen-bond donors (Lipinski definition) is 1. The van der Waals surface area contributed by atoms with Crippen LogP contribution in [0.4, 0.5) is 4.79 Å². The summed E-state index contributed by atoms with van der Waals surface area (Å²) in [5.41, 5.74) is -0.457. The summed E-state index contributed by atoms with van der Waals surface area (Å²) in [6.45, 7) is 5.91. The standard InChI is InChI=1S/C9H18BrNO3/c1-9(2,3)14-8(12)11-6-7(5-10)13-4/h7H,5-6H2,1-4H3,(H,11,12)/t7-/m0/s1. The van der Waals surface area contributed by atoms with Crippen molar-refractivity contribution in [1.82, 2.24) is 5.32 Å². The number of alkyl carbamates (subject to hydrolysis) is 1. The first-order valence-electron chi connectivity index (χ1n) is 4.44. The smallest absolute Gasteiger partial charge is 0.407 e. The molecule has 1 N–H and O–H groups in total. The second-order valence-electron chi connectivity index (χ2n) is 3.89. The van der Waals surface area contributed by atoms with Crippen molar-refractivity contribution in [2.24, 2.45) is 0 Å². The van der Waals surface area contributed by atoms with Crippen LogP contribution in [-0.4, -0.2) is 36.8 Å². The lowest BCUT2D eigenvalue weighted by Gasteiger charge is -2.20. The molecule has 4 nitrogen and oxygen atoms in total. The van der Waals surface area contributed by atoms with E-state index in [9.17, 15) is 4.79 Å². The summed E-state index contributed by atoms with van der Waals surface area (Å²) in [6.07, 6.45) is -0.442. The third-order valence-electron chi connectivity index (χ3n) is 1.38. The molecule has 0 aromatic rings. The van der Waals surface area contributed by atoms with Crippen LogP contribution < -0.4 is 5.32 Å². The van der Waals surface area contributed by atoms with Gasteiger partial charge in [-0.25, -0.2) is 4.79 Å². The molecule has 0 aliphatic carbocycles. The van der Waals surface area contributed by atoms with Gasteiger partial charge < -0.3 is 14.8 Å². The predicted octanol–water partition coefficient (Wildman–Crippen LogP) is 1.92. The Morgan fingerprint density at radius 2 is 2.07 bits per heavy atom. The van der Waals surface area contributed by atoms with Gasteiger partial charge in [-0.05, 0) is 20.8 Å². The predicted molar refractivity (Wildman–Crippen MR) is 58.8 cm³/mol. The van der Waals surface area contributed by atoms with Crippen molar-refractivity contribution >= 4 is 22.0 Å². The Balaban J connectivity index is 3.74. The van der Waals surface area contributed by atoms with Crippen LogP contribution in [0.25, 0.3) is 0 Å². The van der Waals surface area contributed by atoms with Gasteiger partial charge in [-0.15, -0.1) is 0 Å². The number of halogens is 1. The molecule has 0 aromatic heterocycles. The zero-order valence-corrected chi connectivity index (χ0v) is 10.7. The lowest BCUT2D eigenvalue weighted by atomic mass is 10.2. The van der Waals surface area contributed by atoms with Crippen molar-refractivity contribution in [3.63, 3.8) is 0 Å².